The number of hydrogen-bond acceptors (Lipinski definition) is 3. The number of benzene rings is 3. The van der Waals surface area contributed by atoms with Gasteiger partial charge in [0.15, 0.2) is 5.78 Å². The smallest absolute Gasteiger partial charge is 0.188 e. The molecule has 1 fully saturated rings. The fraction of sp³-hybridized carbons (Fsp3) is 0.179. The molecule has 1 aliphatic carbocycles. The maximum Gasteiger partial charge on any atom is 0.188 e. The van der Waals surface area contributed by atoms with Crippen LogP contribution in [0, 0.1) is 19.8 Å². The van der Waals surface area contributed by atoms with E-state index in [4.69, 9.17) is 4.84 Å². The lowest BCUT2D eigenvalue weighted by atomic mass is 9.86. The molecule has 2 aliphatic rings. The fourth-order valence-corrected chi connectivity index (χ4v) is 4.39. The van der Waals surface area contributed by atoms with Crippen molar-refractivity contribution in [3.8, 4) is 0 Å². The van der Waals surface area contributed by atoms with Gasteiger partial charge in [-0.05, 0) is 37.1 Å². The zero-order chi connectivity index (χ0) is 21.4. The Morgan fingerprint density at radius 2 is 1.52 bits per heavy atom. The predicted octanol–water partition coefficient (Wildman–Crippen LogP) is 5.94. The number of carbonyl (C=O) groups is 1. The largest absolute Gasteiger partial charge is 0.292 e. The Morgan fingerprint density at radius 1 is 0.871 bits per heavy atom. The van der Waals surface area contributed by atoms with Crippen LogP contribution in [-0.2, 0) is 4.84 Å². The first-order valence-corrected chi connectivity index (χ1v) is 10.7. The Balaban J connectivity index is 1.56. The third kappa shape index (κ3) is 3.73. The average molecular weight is 408 g/mol. The van der Waals surface area contributed by atoms with Crippen molar-refractivity contribution in [1.82, 2.24) is 0 Å². The average Bonchev–Trinajstić information content (AvgIpc) is 3.36. The van der Waals surface area contributed by atoms with Gasteiger partial charge in [0, 0.05) is 11.5 Å². The van der Waals surface area contributed by atoms with Crippen LogP contribution in [0.5, 0.6) is 0 Å². The molecule has 3 aromatic rings. The minimum absolute atomic E-state index is 0.0599. The Morgan fingerprint density at radius 3 is 2.19 bits per heavy atom. The molecule has 0 N–H and O–H groups in total. The summed E-state index contributed by atoms with van der Waals surface area (Å²) in [5, 5.41) is 1.81. The van der Waals surface area contributed by atoms with Crippen LogP contribution in [0.3, 0.4) is 0 Å². The first kappa shape index (κ1) is 19.5. The topological polar surface area (TPSA) is 29.5 Å². The second-order valence-electron chi connectivity index (χ2n) is 8.35. The number of anilines is 1. The van der Waals surface area contributed by atoms with E-state index >= 15 is 0 Å². The van der Waals surface area contributed by atoms with E-state index in [1.807, 2.05) is 66.6 Å². The minimum atomic E-state index is -0.429. The Labute approximate surface area is 183 Å². The van der Waals surface area contributed by atoms with Gasteiger partial charge in [0.1, 0.15) is 12.1 Å². The molecule has 1 saturated heterocycles. The van der Waals surface area contributed by atoms with Crippen LogP contribution < -0.4 is 5.06 Å². The highest BCUT2D eigenvalue weighted by Gasteiger charge is 2.50. The summed E-state index contributed by atoms with van der Waals surface area (Å²) in [6.45, 7) is 4.11. The van der Waals surface area contributed by atoms with Gasteiger partial charge in [0.05, 0.1) is 5.69 Å². The van der Waals surface area contributed by atoms with Crippen molar-refractivity contribution >= 4 is 17.5 Å². The zero-order valence-corrected chi connectivity index (χ0v) is 17.7. The van der Waals surface area contributed by atoms with Crippen LogP contribution in [0.25, 0.3) is 6.08 Å². The second-order valence-corrected chi connectivity index (χ2v) is 8.35. The number of hydrogen-bond donors (Lipinski definition) is 0. The summed E-state index contributed by atoms with van der Waals surface area (Å²) >= 11 is 0. The number of Topliss-reactive ketones (excluding diaryl/α,β-unsaturated/α-hetero) is 1. The van der Waals surface area contributed by atoms with Crippen molar-refractivity contribution in [2.24, 2.45) is 5.92 Å². The molecule has 1 heterocycles. The van der Waals surface area contributed by atoms with Gasteiger partial charge < -0.3 is 0 Å². The summed E-state index contributed by atoms with van der Waals surface area (Å²) in [5.74, 6) is 0.0187. The predicted molar refractivity (Wildman–Crippen MR) is 125 cm³/mol. The number of aryl methyl sites for hydroxylation is 2. The number of para-hydroxylation sites is 1. The summed E-state index contributed by atoms with van der Waals surface area (Å²) in [6.07, 6.45) is 6.19. The molecule has 3 atom stereocenters. The monoisotopic (exact) mass is 407 g/mol. The van der Waals surface area contributed by atoms with E-state index in [-0.39, 0.29) is 17.8 Å². The standard InChI is InChI=1S/C28H25NO2/c1-19-8-12-21(13-9-19)18-23-16-17-25-26(23)27(28(30)22-14-10-20(2)11-15-22)29(31-25)24-6-4-3-5-7-24/h3-18,25-27H,1-2H3/b23-18+/t25-,26+,27+/m1/s1. The Kier molecular flexibility index (Phi) is 5.05. The molecule has 0 spiro atoms. The zero-order valence-electron chi connectivity index (χ0n) is 17.7. The third-order valence-corrected chi connectivity index (χ3v) is 6.07. The van der Waals surface area contributed by atoms with Crippen molar-refractivity contribution in [1.29, 1.82) is 0 Å². The summed E-state index contributed by atoms with van der Waals surface area (Å²) in [4.78, 5) is 20.1. The summed E-state index contributed by atoms with van der Waals surface area (Å²) in [6, 6.07) is 25.7. The molecule has 3 heteroatoms. The highest BCUT2D eigenvalue weighted by atomic mass is 16.7. The summed E-state index contributed by atoms with van der Waals surface area (Å²) in [7, 11) is 0. The van der Waals surface area contributed by atoms with Crippen molar-refractivity contribution in [3.05, 3.63) is 119 Å². The number of rotatable bonds is 4. The van der Waals surface area contributed by atoms with E-state index in [2.05, 4.69) is 49.4 Å². The molecule has 0 aromatic heterocycles. The third-order valence-electron chi connectivity index (χ3n) is 6.07. The molecule has 31 heavy (non-hydrogen) atoms. The van der Waals surface area contributed by atoms with Gasteiger partial charge in [0.25, 0.3) is 0 Å². The lowest BCUT2D eigenvalue weighted by molar-refractivity contribution is 0.0885. The van der Waals surface area contributed by atoms with Gasteiger partial charge in [-0.2, -0.15) is 0 Å². The summed E-state index contributed by atoms with van der Waals surface area (Å²) < 4.78 is 0. The van der Waals surface area contributed by atoms with Gasteiger partial charge in [-0.1, -0.05) is 96.1 Å². The SMILES string of the molecule is Cc1ccc(/C=C2\C=C[C@H]3ON(c4ccccc4)[C@H](C(=O)c4ccc(C)cc4)[C@@H]23)cc1. The lowest BCUT2D eigenvalue weighted by Gasteiger charge is -2.26. The van der Waals surface area contributed by atoms with Crippen molar-refractivity contribution in [3.63, 3.8) is 0 Å². The molecular weight excluding hydrogens is 382 g/mol. The van der Waals surface area contributed by atoms with Crippen molar-refractivity contribution < 1.29 is 9.63 Å². The first-order chi connectivity index (χ1) is 15.1. The van der Waals surface area contributed by atoms with Gasteiger partial charge in [0.2, 0.25) is 0 Å². The number of hydroxylamine groups is 1. The van der Waals surface area contributed by atoms with Crippen LogP contribution in [0.15, 0.2) is 96.6 Å². The number of allylic oxidation sites excluding steroid dienone is 1. The highest BCUT2D eigenvalue weighted by molar-refractivity contribution is 6.03. The van der Waals surface area contributed by atoms with E-state index < -0.39 is 6.04 Å². The van der Waals surface area contributed by atoms with E-state index in [1.165, 1.54) is 5.56 Å². The quantitative estimate of drug-likeness (QED) is 0.501. The highest BCUT2D eigenvalue weighted by Crippen LogP contribution is 2.43. The van der Waals surface area contributed by atoms with E-state index in [9.17, 15) is 4.79 Å². The number of fused-ring (bicyclic) bond motifs is 1. The van der Waals surface area contributed by atoms with Gasteiger partial charge in [-0.25, -0.2) is 5.06 Å². The van der Waals surface area contributed by atoms with Crippen molar-refractivity contribution in [2.75, 3.05) is 5.06 Å². The number of ketones is 1. The molecule has 3 nitrogen and oxygen atoms in total. The molecule has 154 valence electrons. The van der Waals surface area contributed by atoms with Gasteiger partial charge in [-0.3, -0.25) is 9.63 Å². The summed E-state index contributed by atoms with van der Waals surface area (Å²) in [5.41, 5.74) is 6.23. The first-order valence-electron chi connectivity index (χ1n) is 10.7. The van der Waals surface area contributed by atoms with Crippen LogP contribution in [0.2, 0.25) is 0 Å². The Bertz CT molecular complexity index is 1140. The van der Waals surface area contributed by atoms with Gasteiger partial charge >= 0.3 is 0 Å². The van der Waals surface area contributed by atoms with Crippen LogP contribution in [-0.4, -0.2) is 17.9 Å². The minimum Gasteiger partial charge on any atom is -0.292 e. The van der Waals surface area contributed by atoms with Crippen LogP contribution in [0.4, 0.5) is 5.69 Å². The molecule has 0 amide bonds. The normalized spacial score (nSPS) is 23.4. The lowest BCUT2D eigenvalue weighted by Crippen LogP contribution is -2.40. The van der Waals surface area contributed by atoms with Gasteiger partial charge in [-0.15, -0.1) is 0 Å². The fourth-order valence-electron chi connectivity index (χ4n) is 4.39. The van der Waals surface area contributed by atoms with Crippen LogP contribution in [0.1, 0.15) is 27.0 Å². The van der Waals surface area contributed by atoms with E-state index in [1.54, 1.807) is 0 Å². The maximum absolute atomic E-state index is 13.8. The second kappa shape index (κ2) is 8.01. The molecule has 0 radical (unpaired) electrons. The molecule has 0 unspecified atom stereocenters. The molecule has 0 saturated carbocycles. The molecular formula is C28H25NO2. The number of carbonyl (C=O) groups excluding carboxylic acids is 1. The van der Waals surface area contributed by atoms with Crippen molar-refractivity contribution in [2.45, 2.75) is 26.0 Å². The maximum atomic E-state index is 13.8. The molecule has 3 aromatic carbocycles. The molecule has 5 rings (SSSR count). The Hall–Kier alpha value is -3.43. The van der Waals surface area contributed by atoms with E-state index in [0.29, 0.717) is 5.56 Å². The van der Waals surface area contributed by atoms with Crippen LogP contribution >= 0.6 is 0 Å². The molecule has 1 aliphatic heterocycles. The molecule has 0 bridgehead atoms. The number of nitrogens with zero attached hydrogens (tertiary/aromatic N) is 1. The van der Waals surface area contributed by atoms with E-state index in [0.717, 1.165) is 22.4 Å².